The Hall–Kier alpha value is -3.52. The summed E-state index contributed by atoms with van der Waals surface area (Å²) in [7, 11) is 0. The van der Waals surface area contributed by atoms with Crippen LogP contribution >= 0.6 is 12.2 Å². The molecule has 1 aliphatic heterocycles. The maximum absolute atomic E-state index is 13.3. The Balaban J connectivity index is 1.52. The average molecular weight is 451 g/mol. The smallest absolute Gasteiger partial charge is 0.252 e. The fourth-order valence-electron chi connectivity index (χ4n) is 3.80. The summed E-state index contributed by atoms with van der Waals surface area (Å²) in [5.41, 5.74) is 2.36. The lowest BCUT2D eigenvalue weighted by molar-refractivity contribution is -0.130. The zero-order chi connectivity index (χ0) is 22.7. The predicted molar refractivity (Wildman–Crippen MR) is 126 cm³/mol. The first-order valence-corrected chi connectivity index (χ1v) is 10.7. The standard InChI is InChI=1S/C24H23FN4O2S/c1-2-3-12-28-23(31)21(29(24(28)32)15-16-4-7-18(25)8-5-16)14-22(30)27-19-9-6-17-10-11-26-20(17)13-19/h2,4-11,13,21,26H,1,3,12,14-15H2,(H,27,30). The Kier molecular flexibility index (Phi) is 6.32. The van der Waals surface area contributed by atoms with Crippen molar-refractivity contribution >= 4 is 45.7 Å². The molecule has 1 atom stereocenters. The summed E-state index contributed by atoms with van der Waals surface area (Å²) < 4.78 is 13.3. The lowest BCUT2D eigenvalue weighted by Crippen LogP contribution is -2.37. The third-order valence-electron chi connectivity index (χ3n) is 5.44. The Morgan fingerprint density at radius 3 is 2.75 bits per heavy atom. The Bertz CT molecular complexity index is 1170. The molecular weight excluding hydrogens is 427 g/mol. The molecule has 2 amide bonds. The van der Waals surface area contributed by atoms with Crippen LogP contribution in [0.4, 0.5) is 10.1 Å². The molecule has 2 N–H and O–H groups in total. The molecule has 0 spiro atoms. The number of hydrogen-bond donors (Lipinski definition) is 2. The van der Waals surface area contributed by atoms with Gasteiger partial charge in [0.15, 0.2) is 5.11 Å². The minimum Gasteiger partial charge on any atom is -0.361 e. The fraction of sp³-hybridized carbons (Fsp3) is 0.208. The van der Waals surface area contributed by atoms with Crippen molar-refractivity contribution in [2.75, 3.05) is 11.9 Å². The monoisotopic (exact) mass is 450 g/mol. The molecule has 1 saturated heterocycles. The number of amides is 2. The van der Waals surface area contributed by atoms with Crippen molar-refractivity contribution in [2.45, 2.75) is 25.4 Å². The molecule has 1 unspecified atom stereocenters. The summed E-state index contributed by atoms with van der Waals surface area (Å²) in [5, 5.41) is 4.28. The minimum absolute atomic E-state index is 0.0481. The number of rotatable bonds is 8. The molecule has 0 saturated carbocycles. The quantitative estimate of drug-likeness (QED) is 0.399. The third kappa shape index (κ3) is 4.55. The van der Waals surface area contributed by atoms with E-state index in [9.17, 15) is 14.0 Å². The van der Waals surface area contributed by atoms with Gasteiger partial charge in [-0.2, -0.15) is 0 Å². The van der Waals surface area contributed by atoms with Crippen molar-refractivity contribution in [3.05, 3.63) is 78.8 Å². The van der Waals surface area contributed by atoms with Gasteiger partial charge in [-0.05, 0) is 59.9 Å². The summed E-state index contributed by atoms with van der Waals surface area (Å²) in [4.78, 5) is 32.3. The van der Waals surface area contributed by atoms with Crippen LogP contribution in [0.1, 0.15) is 18.4 Å². The van der Waals surface area contributed by atoms with Crippen molar-refractivity contribution in [3.63, 3.8) is 0 Å². The second-order valence-electron chi connectivity index (χ2n) is 7.65. The molecule has 2 heterocycles. The van der Waals surface area contributed by atoms with E-state index < -0.39 is 6.04 Å². The predicted octanol–water partition coefficient (Wildman–Crippen LogP) is 4.21. The number of halogens is 1. The number of aromatic amines is 1. The van der Waals surface area contributed by atoms with E-state index in [0.29, 0.717) is 30.3 Å². The molecule has 164 valence electrons. The van der Waals surface area contributed by atoms with Crippen LogP contribution in [0.3, 0.4) is 0 Å². The molecule has 32 heavy (non-hydrogen) atoms. The number of anilines is 1. The van der Waals surface area contributed by atoms with Crippen molar-refractivity contribution in [1.82, 2.24) is 14.8 Å². The van der Waals surface area contributed by atoms with E-state index in [0.717, 1.165) is 16.5 Å². The Labute approximate surface area is 190 Å². The topological polar surface area (TPSA) is 68.4 Å². The molecule has 1 aliphatic rings. The van der Waals surface area contributed by atoms with Gasteiger partial charge < -0.3 is 15.2 Å². The SMILES string of the molecule is C=CCCN1C(=O)C(CC(=O)Nc2ccc3cc[nH]c3c2)N(Cc2ccc(F)cc2)C1=S. The molecule has 1 aromatic heterocycles. The third-order valence-corrected chi connectivity index (χ3v) is 5.90. The van der Waals surface area contributed by atoms with E-state index in [1.54, 1.807) is 23.1 Å². The van der Waals surface area contributed by atoms with Crippen LogP contribution in [0.15, 0.2) is 67.4 Å². The summed E-state index contributed by atoms with van der Waals surface area (Å²) in [6, 6.07) is 12.8. The number of thiocarbonyl (C=S) groups is 1. The van der Waals surface area contributed by atoms with E-state index in [1.165, 1.54) is 17.0 Å². The van der Waals surface area contributed by atoms with Gasteiger partial charge in [-0.25, -0.2) is 4.39 Å². The molecule has 8 heteroatoms. The van der Waals surface area contributed by atoms with Gasteiger partial charge in [0.2, 0.25) is 5.91 Å². The summed E-state index contributed by atoms with van der Waals surface area (Å²) in [6.07, 6.45) is 4.09. The van der Waals surface area contributed by atoms with Crippen LogP contribution < -0.4 is 5.32 Å². The molecule has 2 aromatic carbocycles. The zero-order valence-corrected chi connectivity index (χ0v) is 18.2. The van der Waals surface area contributed by atoms with Gasteiger partial charge in [0.25, 0.3) is 5.91 Å². The molecule has 0 bridgehead atoms. The van der Waals surface area contributed by atoms with E-state index in [4.69, 9.17) is 12.2 Å². The highest BCUT2D eigenvalue weighted by atomic mass is 32.1. The van der Waals surface area contributed by atoms with Gasteiger partial charge in [0.05, 0.1) is 6.42 Å². The number of nitrogens with one attached hydrogen (secondary N) is 2. The molecule has 4 rings (SSSR count). The van der Waals surface area contributed by atoms with Gasteiger partial charge in [-0.3, -0.25) is 14.5 Å². The van der Waals surface area contributed by atoms with Crippen LogP contribution in [-0.4, -0.2) is 44.3 Å². The highest BCUT2D eigenvalue weighted by molar-refractivity contribution is 7.80. The van der Waals surface area contributed by atoms with Crippen molar-refractivity contribution in [2.24, 2.45) is 0 Å². The largest absolute Gasteiger partial charge is 0.361 e. The van der Waals surface area contributed by atoms with Crippen LogP contribution in [-0.2, 0) is 16.1 Å². The van der Waals surface area contributed by atoms with Crippen LogP contribution in [0.2, 0.25) is 0 Å². The second-order valence-corrected chi connectivity index (χ2v) is 8.02. The maximum atomic E-state index is 13.3. The molecule has 0 aliphatic carbocycles. The van der Waals surface area contributed by atoms with Gasteiger partial charge in [0, 0.05) is 30.5 Å². The van der Waals surface area contributed by atoms with E-state index in [1.807, 2.05) is 30.5 Å². The second kappa shape index (κ2) is 9.32. The maximum Gasteiger partial charge on any atom is 0.252 e. The van der Waals surface area contributed by atoms with Crippen molar-refractivity contribution in [1.29, 1.82) is 0 Å². The summed E-state index contributed by atoms with van der Waals surface area (Å²) in [5.74, 6) is -0.836. The Morgan fingerprint density at radius 1 is 1.22 bits per heavy atom. The number of H-pyrrole nitrogens is 1. The van der Waals surface area contributed by atoms with Gasteiger partial charge in [-0.15, -0.1) is 6.58 Å². The molecular formula is C24H23FN4O2S. The number of benzene rings is 2. The number of aromatic nitrogens is 1. The summed E-state index contributed by atoms with van der Waals surface area (Å²) in [6.45, 7) is 4.41. The van der Waals surface area contributed by atoms with Crippen molar-refractivity contribution < 1.29 is 14.0 Å². The highest BCUT2D eigenvalue weighted by Gasteiger charge is 2.42. The molecule has 6 nitrogen and oxygen atoms in total. The van der Waals surface area contributed by atoms with Crippen LogP contribution in [0.25, 0.3) is 10.9 Å². The van der Waals surface area contributed by atoms with Crippen LogP contribution in [0, 0.1) is 5.82 Å². The molecule has 1 fully saturated rings. The van der Waals surface area contributed by atoms with Gasteiger partial charge in [0.1, 0.15) is 11.9 Å². The normalized spacial score (nSPS) is 16.1. The number of carbonyl (C=O) groups is 2. The van der Waals surface area contributed by atoms with E-state index in [2.05, 4.69) is 16.9 Å². The fourth-order valence-corrected chi connectivity index (χ4v) is 4.17. The first kappa shape index (κ1) is 21.7. The van der Waals surface area contributed by atoms with Gasteiger partial charge in [-0.1, -0.05) is 24.3 Å². The highest BCUT2D eigenvalue weighted by Crippen LogP contribution is 2.25. The number of carbonyl (C=O) groups excluding carboxylic acids is 2. The Morgan fingerprint density at radius 2 is 2.00 bits per heavy atom. The van der Waals surface area contributed by atoms with E-state index >= 15 is 0 Å². The minimum atomic E-state index is -0.730. The van der Waals surface area contributed by atoms with Gasteiger partial charge >= 0.3 is 0 Å². The first-order valence-electron chi connectivity index (χ1n) is 10.3. The molecule has 3 aromatic rings. The lowest BCUT2D eigenvalue weighted by atomic mass is 10.1. The van der Waals surface area contributed by atoms with E-state index in [-0.39, 0.29) is 24.1 Å². The average Bonchev–Trinajstić information content (AvgIpc) is 3.32. The molecule has 0 radical (unpaired) electrons. The first-order chi connectivity index (χ1) is 15.5. The van der Waals surface area contributed by atoms with Crippen LogP contribution in [0.5, 0.6) is 0 Å². The number of hydrogen-bond acceptors (Lipinski definition) is 3. The lowest BCUT2D eigenvalue weighted by Gasteiger charge is -2.24. The zero-order valence-electron chi connectivity index (χ0n) is 17.4. The number of fused-ring (bicyclic) bond motifs is 1. The van der Waals surface area contributed by atoms with Crippen molar-refractivity contribution in [3.8, 4) is 0 Å². The summed E-state index contributed by atoms with van der Waals surface area (Å²) >= 11 is 5.57. The number of nitrogens with zero attached hydrogens (tertiary/aromatic N) is 2.